The SMILES string of the molecule is CCN(CCOC)C(=O)C1=Cc2ccc(Cl)cc2-c2c(C3CCCCC3)c3ccc(C(=O)NS(=O)(=O)N(C)C)cc3n2C1. The van der Waals surface area contributed by atoms with Crippen molar-refractivity contribution >= 4 is 50.6 Å². The first-order valence-corrected chi connectivity index (χ1v) is 16.6. The Morgan fingerprint density at radius 3 is 2.51 bits per heavy atom. The van der Waals surface area contributed by atoms with Crippen LogP contribution < -0.4 is 4.72 Å². The van der Waals surface area contributed by atoms with Gasteiger partial charge in [0.15, 0.2) is 0 Å². The number of nitrogens with one attached hydrogen (secondary N) is 1. The summed E-state index contributed by atoms with van der Waals surface area (Å²) >= 11 is 6.58. The zero-order chi connectivity index (χ0) is 30.9. The highest BCUT2D eigenvalue weighted by Gasteiger charge is 2.31. The number of rotatable bonds is 9. The Morgan fingerprint density at radius 2 is 1.84 bits per heavy atom. The fourth-order valence-electron chi connectivity index (χ4n) is 6.24. The molecule has 0 spiro atoms. The number of methoxy groups -OCH3 is 1. The molecule has 5 rings (SSSR count). The lowest BCUT2D eigenvalue weighted by molar-refractivity contribution is -0.127. The van der Waals surface area contributed by atoms with Gasteiger partial charge in [-0.05, 0) is 67.2 Å². The van der Waals surface area contributed by atoms with Gasteiger partial charge < -0.3 is 14.2 Å². The second-order valence-corrected chi connectivity index (χ2v) is 13.7. The van der Waals surface area contributed by atoms with Gasteiger partial charge in [0, 0.05) is 66.9 Å². The average molecular weight is 627 g/mol. The molecule has 0 saturated heterocycles. The highest BCUT2D eigenvalue weighted by molar-refractivity contribution is 7.87. The molecule has 0 radical (unpaired) electrons. The molecule has 11 heteroatoms. The van der Waals surface area contributed by atoms with Crippen molar-refractivity contribution < 1.29 is 22.7 Å². The molecule has 0 atom stereocenters. The van der Waals surface area contributed by atoms with Gasteiger partial charge in [-0.1, -0.05) is 43.0 Å². The summed E-state index contributed by atoms with van der Waals surface area (Å²) in [4.78, 5) is 28.9. The zero-order valence-electron chi connectivity index (χ0n) is 25.2. The molecule has 3 aromatic rings. The number of aromatic nitrogens is 1. The Balaban J connectivity index is 1.73. The number of carbonyl (C=O) groups is 2. The summed E-state index contributed by atoms with van der Waals surface area (Å²) < 4.78 is 35.4. The van der Waals surface area contributed by atoms with Crippen LogP contribution in [0.5, 0.6) is 0 Å². The van der Waals surface area contributed by atoms with E-state index in [1.807, 2.05) is 37.3 Å². The van der Waals surface area contributed by atoms with Gasteiger partial charge >= 0.3 is 10.2 Å². The molecule has 1 aromatic heterocycles. The first-order valence-electron chi connectivity index (χ1n) is 14.7. The number of halogens is 1. The van der Waals surface area contributed by atoms with E-state index in [2.05, 4.69) is 9.29 Å². The second kappa shape index (κ2) is 12.8. The average Bonchev–Trinajstić information content (AvgIpc) is 3.21. The van der Waals surface area contributed by atoms with Crippen LogP contribution in [-0.4, -0.2) is 74.9 Å². The molecule has 2 amide bonds. The minimum absolute atomic E-state index is 0.0830. The van der Waals surface area contributed by atoms with E-state index in [0.29, 0.717) is 36.2 Å². The monoisotopic (exact) mass is 626 g/mol. The van der Waals surface area contributed by atoms with Crippen LogP contribution in [-0.2, 0) is 26.3 Å². The minimum atomic E-state index is -3.98. The molecule has 1 fully saturated rings. The number of fused-ring (bicyclic) bond motifs is 5. The number of hydrogen-bond acceptors (Lipinski definition) is 5. The smallest absolute Gasteiger partial charge is 0.303 e. The van der Waals surface area contributed by atoms with Gasteiger partial charge in [-0.2, -0.15) is 12.7 Å². The number of amides is 2. The van der Waals surface area contributed by atoms with Gasteiger partial charge in [-0.3, -0.25) is 9.59 Å². The number of nitrogens with zero attached hydrogens (tertiary/aromatic N) is 3. The molecule has 2 aliphatic rings. The van der Waals surface area contributed by atoms with Crippen molar-refractivity contribution in [2.45, 2.75) is 51.5 Å². The Labute approximate surface area is 258 Å². The lowest BCUT2D eigenvalue weighted by Crippen LogP contribution is -2.39. The van der Waals surface area contributed by atoms with Gasteiger partial charge in [-0.15, -0.1) is 0 Å². The number of carbonyl (C=O) groups excluding carboxylic acids is 2. The van der Waals surface area contributed by atoms with Crippen LogP contribution in [0.2, 0.25) is 5.02 Å². The maximum atomic E-state index is 13.9. The molecule has 9 nitrogen and oxygen atoms in total. The van der Waals surface area contributed by atoms with Crippen LogP contribution in [0.15, 0.2) is 42.0 Å². The molecular weight excluding hydrogens is 588 g/mol. The highest BCUT2D eigenvalue weighted by atomic mass is 35.5. The van der Waals surface area contributed by atoms with E-state index >= 15 is 0 Å². The highest BCUT2D eigenvalue weighted by Crippen LogP contribution is 2.47. The molecule has 1 N–H and O–H groups in total. The van der Waals surface area contributed by atoms with Crippen molar-refractivity contribution in [1.82, 2.24) is 18.5 Å². The number of hydrogen-bond donors (Lipinski definition) is 1. The Morgan fingerprint density at radius 1 is 1.09 bits per heavy atom. The van der Waals surface area contributed by atoms with Gasteiger partial charge in [0.25, 0.3) is 11.8 Å². The fourth-order valence-corrected chi connectivity index (χ4v) is 6.95. The van der Waals surface area contributed by atoms with Crippen LogP contribution >= 0.6 is 11.6 Å². The summed E-state index contributed by atoms with van der Waals surface area (Å²) in [7, 11) is 0.367. The normalized spacial score (nSPS) is 15.5. The summed E-state index contributed by atoms with van der Waals surface area (Å²) in [6, 6.07) is 11.1. The molecule has 230 valence electrons. The van der Waals surface area contributed by atoms with E-state index in [-0.39, 0.29) is 18.0 Å². The maximum absolute atomic E-state index is 13.9. The molecule has 2 heterocycles. The van der Waals surface area contributed by atoms with E-state index in [1.165, 1.54) is 26.1 Å². The molecular formula is C32H39ClN4O5S. The zero-order valence-corrected chi connectivity index (χ0v) is 26.7. The van der Waals surface area contributed by atoms with Crippen molar-refractivity contribution in [2.75, 3.05) is 40.9 Å². The van der Waals surface area contributed by atoms with Crippen molar-refractivity contribution in [2.24, 2.45) is 0 Å². The van der Waals surface area contributed by atoms with Gasteiger partial charge in [0.1, 0.15) is 0 Å². The van der Waals surface area contributed by atoms with Crippen molar-refractivity contribution in [3.05, 3.63) is 63.7 Å². The third-order valence-electron chi connectivity index (χ3n) is 8.52. The van der Waals surface area contributed by atoms with E-state index in [9.17, 15) is 18.0 Å². The Hall–Kier alpha value is -3.18. The summed E-state index contributed by atoms with van der Waals surface area (Å²) in [5, 5.41) is 1.60. The number of benzene rings is 2. The van der Waals surface area contributed by atoms with Crippen molar-refractivity contribution in [3.8, 4) is 11.3 Å². The molecule has 1 saturated carbocycles. The lowest BCUT2D eigenvalue weighted by atomic mass is 9.81. The fraction of sp³-hybridized carbons (Fsp3) is 0.438. The number of ether oxygens (including phenoxy) is 1. The van der Waals surface area contributed by atoms with Crippen molar-refractivity contribution in [3.63, 3.8) is 0 Å². The Bertz CT molecular complexity index is 1690. The molecule has 43 heavy (non-hydrogen) atoms. The lowest BCUT2D eigenvalue weighted by Gasteiger charge is -2.24. The van der Waals surface area contributed by atoms with Crippen molar-refractivity contribution in [1.29, 1.82) is 0 Å². The molecule has 0 bridgehead atoms. The van der Waals surface area contributed by atoms with Gasteiger partial charge in [-0.25, -0.2) is 4.72 Å². The Kier molecular flexibility index (Phi) is 9.31. The van der Waals surface area contributed by atoms with Crippen LogP contribution in [0.25, 0.3) is 28.2 Å². The van der Waals surface area contributed by atoms with E-state index in [1.54, 1.807) is 24.1 Å². The largest absolute Gasteiger partial charge is 0.383 e. The predicted molar refractivity (Wildman–Crippen MR) is 170 cm³/mol. The maximum Gasteiger partial charge on any atom is 0.303 e. The summed E-state index contributed by atoms with van der Waals surface area (Å²) in [6.07, 6.45) is 7.51. The number of likely N-dealkylation sites (N-methyl/N-ethyl adjacent to an activating group) is 1. The van der Waals surface area contributed by atoms with Gasteiger partial charge in [0.05, 0.1) is 18.8 Å². The summed E-state index contributed by atoms with van der Waals surface area (Å²) in [5.74, 6) is -0.495. The second-order valence-electron chi connectivity index (χ2n) is 11.4. The topological polar surface area (TPSA) is 101 Å². The standard InChI is InChI=1S/C32H39ClN4O5S/c1-5-36(15-16-42-4)32(39)24-17-22-11-13-25(33)19-27(22)30-29(21-9-7-6-8-10-21)26-14-12-23(18-28(26)37(30)20-24)31(38)34-43(40,41)35(2)3/h11-14,17-19,21H,5-10,15-16,20H2,1-4H3,(H,34,38). The third-order valence-corrected chi connectivity index (χ3v) is 10.2. The van der Waals surface area contributed by atoms with E-state index in [4.69, 9.17) is 16.3 Å². The third kappa shape index (κ3) is 6.24. The molecule has 0 unspecified atom stereocenters. The first-order chi connectivity index (χ1) is 20.6. The summed E-state index contributed by atoms with van der Waals surface area (Å²) in [6.45, 7) is 3.66. The van der Waals surface area contributed by atoms with Gasteiger partial charge in [0.2, 0.25) is 0 Å². The minimum Gasteiger partial charge on any atom is -0.383 e. The molecule has 2 aromatic carbocycles. The van der Waals surface area contributed by atoms with Crippen LogP contribution in [0.1, 0.15) is 66.4 Å². The van der Waals surface area contributed by atoms with E-state index < -0.39 is 16.1 Å². The quantitative estimate of drug-likeness (QED) is 0.341. The summed E-state index contributed by atoms with van der Waals surface area (Å²) in [5.41, 5.74) is 5.64. The van der Waals surface area contributed by atoms with Crippen LogP contribution in [0.4, 0.5) is 0 Å². The van der Waals surface area contributed by atoms with E-state index in [0.717, 1.165) is 57.7 Å². The predicted octanol–water partition coefficient (Wildman–Crippen LogP) is 5.44. The van der Waals surface area contributed by atoms with Crippen LogP contribution in [0, 0.1) is 0 Å². The van der Waals surface area contributed by atoms with Crippen LogP contribution in [0.3, 0.4) is 0 Å². The molecule has 1 aliphatic heterocycles. The molecule has 1 aliphatic carbocycles. The first kappa shape index (κ1) is 31.3.